The topological polar surface area (TPSA) is 96.7 Å². The largest absolute Gasteiger partial charge is 0.481 e. The third-order valence-electron chi connectivity index (χ3n) is 8.68. The van der Waals surface area contributed by atoms with Gasteiger partial charge in [-0.25, -0.2) is 0 Å². The van der Waals surface area contributed by atoms with Gasteiger partial charge in [0.1, 0.15) is 0 Å². The first-order chi connectivity index (χ1) is 18.0. The van der Waals surface area contributed by atoms with E-state index in [9.17, 15) is 19.2 Å². The van der Waals surface area contributed by atoms with Crippen LogP contribution in [0.4, 0.5) is 0 Å². The van der Waals surface area contributed by atoms with Gasteiger partial charge in [0.2, 0.25) is 11.8 Å². The highest BCUT2D eigenvalue weighted by Crippen LogP contribution is 2.68. The Labute approximate surface area is 221 Å². The highest BCUT2D eigenvalue weighted by Gasteiger charge is 2.69. The molecular formula is C28H24N2O5S2. The maximum atomic E-state index is 13.5. The summed E-state index contributed by atoms with van der Waals surface area (Å²) in [5, 5.41) is 10.2. The van der Waals surface area contributed by atoms with Crippen molar-refractivity contribution in [1.29, 1.82) is 0 Å². The smallest absolute Gasteiger partial charge is 0.312 e. The number of rotatable bonds is 5. The third-order valence-corrected chi connectivity index (χ3v) is 11.4. The summed E-state index contributed by atoms with van der Waals surface area (Å²) in [6.45, 7) is -0.0646. The number of fused-ring (bicyclic) bond motifs is 9. The molecule has 37 heavy (non-hydrogen) atoms. The zero-order valence-electron chi connectivity index (χ0n) is 19.7. The van der Waals surface area contributed by atoms with Crippen LogP contribution in [0.2, 0.25) is 0 Å². The van der Waals surface area contributed by atoms with Crippen LogP contribution in [-0.2, 0) is 14.4 Å². The van der Waals surface area contributed by atoms with Crippen molar-refractivity contribution in [2.75, 3.05) is 6.54 Å². The van der Waals surface area contributed by atoms with Gasteiger partial charge < -0.3 is 5.11 Å². The lowest BCUT2D eigenvalue weighted by Crippen LogP contribution is -2.43. The van der Waals surface area contributed by atoms with Crippen LogP contribution in [0.5, 0.6) is 0 Å². The van der Waals surface area contributed by atoms with E-state index in [1.165, 1.54) is 16.2 Å². The van der Waals surface area contributed by atoms with Crippen molar-refractivity contribution in [3.8, 4) is 5.69 Å². The predicted molar refractivity (Wildman–Crippen MR) is 139 cm³/mol. The number of carbonyl (C=O) groups is 3. The minimum absolute atomic E-state index is 0.0230. The summed E-state index contributed by atoms with van der Waals surface area (Å²) in [5.74, 6) is -2.08. The average molecular weight is 533 g/mol. The Morgan fingerprint density at radius 1 is 0.919 bits per heavy atom. The maximum Gasteiger partial charge on any atom is 0.312 e. The second-order valence-electron chi connectivity index (χ2n) is 10.3. The first-order valence-corrected chi connectivity index (χ1v) is 14.2. The molecule has 3 aromatic rings. The number of aromatic nitrogens is 1. The molecule has 2 aromatic carbocycles. The first kappa shape index (κ1) is 23.0. The van der Waals surface area contributed by atoms with Gasteiger partial charge in [-0.15, -0.1) is 11.8 Å². The normalized spacial score (nSPS) is 31.4. The fraction of sp³-hybridized carbons (Fsp3) is 0.357. The molecule has 4 aliphatic rings. The van der Waals surface area contributed by atoms with Crippen molar-refractivity contribution in [3.05, 3.63) is 80.8 Å². The number of hydrogen-bond acceptors (Lipinski definition) is 6. The van der Waals surface area contributed by atoms with Gasteiger partial charge in [0.15, 0.2) is 0 Å². The molecule has 1 N–H and O–H groups in total. The zero-order chi connectivity index (χ0) is 25.4. The standard InChI is InChI=1S/C28H24N2O5S2/c31-18(32)11-12-29-25(33)21-16-13-17(22(21)26(29)34)23-20(16)19(14-7-3-1-4-8-14)24-27(36-23)30(28(35)37-24)15-9-5-2-6-10-15/h1-10,16-17,19-23H,11-13H2,(H,31,32)/t16-,17+,19+,20+,21+,22+,23+/m0/s1. The van der Waals surface area contributed by atoms with Crippen molar-refractivity contribution in [2.24, 2.45) is 29.6 Å². The third kappa shape index (κ3) is 3.26. The molecule has 9 heteroatoms. The van der Waals surface area contributed by atoms with E-state index >= 15 is 0 Å². The van der Waals surface area contributed by atoms with Gasteiger partial charge in [0.25, 0.3) is 0 Å². The Balaban J connectivity index is 1.35. The van der Waals surface area contributed by atoms with Crippen LogP contribution in [0.3, 0.4) is 0 Å². The van der Waals surface area contributed by atoms with Crippen LogP contribution in [0, 0.1) is 29.6 Å². The zero-order valence-corrected chi connectivity index (χ0v) is 21.4. The number of nitrogens with zero attached hydrogens (tertiary/aromatic N) is 2. The Bertz CT molecular complexity index is 1480. The quantitative estimate of drug-likeness (QED) is 0.502. The molecule has 2 aliphatic carbocycles. The molecule has 1 aromatic heterocycles. The molecule has 2 amide bonds. The summed E-state index contributed by atoms with van der Waals surface area (Å²) in [7, 11) is 0. The van der Waals surface area contributed by atoms with E-state index in [1.54, 1.807) is 16.3 Å². The van der Waals surface area contributed by atoms with Crippen LogP contribution in [0.15, 0.2) is 70.5 Å². The number of imide groups is 1. The lowest BCUT2D eigenvalue weighted by molar-refractivity contribution is -0.142. The van der Waals surface area contributed by atoms with Gasteiger partial charge in [0.05, 0.1) is 29.0 Å². The van der Waals surface area contributed by atoms with E-state index in [0.717, 1.165) is 27.6 Å². The first-order valence-electron chi connectivity index (χ1n) is 12.6. The number of likely N-dealkylation sites (tertiary alicyclic amines) is 1. The van der Waals surface area contributed by atoms with Crippen molar-refractivity contribution in [2.45, 2.75) is 29.0 Å². The number of hydrogen-bond donors (Lipinski definition) is 1. The van der Waals surface area contributed by atoms with Gasteiger partial charge >= 0.3 is 10.8 Å². The molecular weight excluding hydrogens is 508 g/mol. The number of thioether (sulfide) groups is 1. The number of amides is 2. The molecule has 7 nitrogen and oxygen atoms in total. The fourth-order valence-corrected chi connectivity index (χ4v) is 10.6. The van der Waals surface area contributed by atoms with Crippen molar-refractivity contribution >= 4 is 40.9 Å². The molecule has 0 radical (unpaired) electrons. The van der Waals surface area contributed by atoms with E-state index in [2.05, 4.69) is 12.1 Å². The monoisotopic (exact) mass is 532 g/mol. The van der Waals surface area contributed by atoms with Gasteiger partial charge in [0, 0.05) is 22.6 Å². The summed E-state index contributed by atoms with van der Waals surface area (Å²) in [5.41, 5.74) is 1.96. The Kier molecular flexibility index (Phi) is 5.23. The fourth-order valence-electron chi connectivity index (χ4n) is 7.40. The van der Waals surface area contributed by atoms with Crippen LogP contribution in [-0.4, -0.2) is 44.2 Å². The number of aliphatic carboxylic acids is 1. The minimum atomic E-state index is -1.02. The molecule has 7 atom stereocenters. The molecule has 1 saturated heterocycles. The van der Waals surface area contributed by atoms with Crippen molar-refractivity contribution < 1.29 is 19.5 Å². The summed E-state index contributed by atoms with van der Waals surface area (Å²) < 4.78 is 1.81. The molecule has 0 unspecified atom stereocenters. The van der Waals surface area contributed by atoms with E-state index < -0.39 is 17.8 Å². The average Bonchev–Trinajstić information content (AvgIpc) is 3.62. The Morgan fingerprint density at radius 2 is 1.57 bits per heavy atom. The van der Waals surface area contributed by atoms with Crippen molar-refractivity contribution in [3.63, 3.8) is 0 Å². The molecule has 2 aliphatic heterocycles. The van der Waals surface area contributed by atoms with Gasteiger partial charge in [-0.3, -0.25) is 28.6 Å². The second kappa shape index (κ2) is 8.43. The number of carbonyl (C=O) groups excluding carboxylic acids is 2. The molecule has 3 fully saturated rings. The summed E-state index contributed by atoms with van der Waals surface area (Å²) in [6, 6.07) is 19.9. The predicted octanol–water partition coefficient (Wildman–Crippen LogP) is 3.85. The Morgan fingerprint density at radius 3 is 2.24 bits per heavy atom. The highest BCUT2D eigenvalue weighted by atomic mass is 32.2. The number of benzene rings is 2. The lowest BCUT2D eigenvalue weighted by Gasteiger charge is -2.43. The molecule has 0 spiro atoms. The van der Waals surface area contributed by atoms with Crippen LogP contribution >= 0.6 is 23.1 Å². The number of carboxylic acid groups (broad SMARTS) is 1. The highest BCUT2D eigenvalue weighted by molar-refractivity contribution is 8.00. The summed E-state index contributed by atoms with van der Waals surface area (Å²) >= 11 is 2.99. The molecule has 2 bridgehead atoms. The molecule has 7 rings (SSSR count). The SMILES string of the molecule is O=C(O)CCN1C(=O)[C@@H]2[C@H]3C[C@@H]([C@H]4Sc5c(sc(=O)n5-c5ccccc5)[C@H](c5ccccc5)[C@@H]34)[C@H]2C1=O. The summed E-state index contributed by atoms with van der Waals surface area (Å²) in [6.07, 6.45) is 0.580. The van der Waals surface area contributed by atoms with Gasteiger partial charge in [-0.1, -0.05) is 59.9 Å². The number of carboxylic acids is 1. The minimum Gasteiger partial charge on any atom is -0.481 e. The second-order valence-corrected chi connectivity index (χ2v) is 12.5. The lowest BCUT2D eigenvalue weighted by atomic mass is 9.68. The maximum absolute atomic E-state index is 13.5. The van der Waals surface area contributed by atoms with Crippen molar-refractivity contribution in [1.82, 2.24) is 9.47 Å². The molecule has 2 saturated carbocycles. The number of para-hydroxylation sites is 1. The van der Waals surface area contributed by atoms with Crippen LogP contribution < -0.4 is 4.87 Å². The van der Waals surface area contributed by atoms with Crippen LogP contribution in [0.25, 0.3) is 5.69 Å². The van der Waals surface area contributed by atoms with E-state index in [1.807, 2.05) is 48.5 Å². The van der Waals surface area contributed by atoms with Gasteiger partial charge in [-0.05, 0) is 41.9 Å². The number of thiazole rings is 1. The van der Waals surface area contributed by atoms with E-state index in [4.69, 9.17) is 5.11 Å². The molecule has 3 heterocycles. The molecule has 188 valence electrons. The van der Waals surface area contributed by atoms with E-state index in [-0.39, 0.29) is 58.6 Å². The van der Waals surface area contributed by atoms with Crippen LogP contribution in [0.1, 0.15) is 29.2 Å². The summed E-state index contributed by atoms with van der Waals surface area (Å²) in [4.78, 5) is 53.6. The van der Waals surface area contributed by atoms with E-state index in [0.29, 0.717) is 0 Å². The Hall–Kier alpha value is -3.17. The van der Waals surface area contributed by atoms with Gasteiger partial charge in [-0.2, -0.15) is 0 Å².